The van der Waals surface area contributed by atoms with E-state index in [1.165, 1.54) is 32.1 Å². The number of rotatable bonds is 5. The summed E-state index contributed by atoms with van der Waals surface area (Å²) in [6.45, 7) is 3.68. The number of carboxylic acid groups (broad SMARTS) is 1. The molecule has 0 saturated heterocycles. The molecule has 1 aliphatic rings. The highest BCUT2D eigenvalue weighted by Gasteiger charge is 2.18. The van der Waals surface area contributed by atoms with E-state index in [2.05, 4.69) is 11.9 Å². The zero-order valence-corrected chi connectivity index (χ0v) is 11.8. The molecule has 0 atom stereocenters. The van der Waals surface area contributed by atoms with Crippen molar-refractivity contribution in [3.8, 4) is 0 Å². The third kappa shape index (κ3) is 3.83. The molecule has 1 aliphatic carbocycles. The highest BCUT2D eigenvalue weighted by molar-refractivity contribution is 5.84. The summed E-state index contributed by atoms with van der Waals surface area (Å²) in [6.07, 6.45) is 6.74. The molecule has 2 rings (SSSR count). The molecule has 106 valence electrons. The Balaban J connectivity index is 1.90. The van der Waals surface area contributed by atoms with Gasteiger partial charge in [-0.3, -0.25) is 0 Å². The first-order valence-electron chi connectivity index (χ1n) is 7.07. The Labute approximate surface area is 114 Å². The predicted octanol–water partition coefficient (Wildman–Crippen LogP) is 3.30. The van der Waals surface area contributed by atoms with E-state index < -0.39 is 5.97 Å². The summed E-state index contributed by atoms with van der Waals surface area (Å²) in [7, 11) is 2.10. The average Bonchev–Trinajstić information content (AvgIpc) is 2.72. The average molecular weight is 265 g/mol. The van der Waals surface area contributed by atoms with Crippen molar-refractivity contribution in [1.29, 1.82) is 0 Å². The van der Waals surface area contributed by atoms with E-state index in [1.807, 2.05) is 6.92 Å². The molecule has 1 aromatic heterocycles. The zero-order chi connectivity index (χ0) is 13.8. The summed E-state index contributed by atoms with van der Waals surface area (Å²) in [4.78, 5) is 13.1. The van der Waals surface area contributed by atoms with Gasteiger partial charge in [-0.15, -0.1) is 0 Å². The van der Waals surface area contributed by atoms with Crippen molar-refractivity contribution in [2.45, 2.75) is 45.6 Å². The normalized spacial score (nSPS) is 17.0. The van der Waals surface area contributed by atoms with E-state index in [9.17, 15) is 4.79 Å². The van der Waals surface area contributed by atoms with E-state index >= 15 is 0 Å². The lowest BCUT2D eigenvalue weighted by molar-refractivity contribution is 0.0661. The summed E-state index contributed by atoms with van der Waals surface area (Å²) in [5.74, 6) is 0.556. The van der Waals surface area contributed by atoms with E-state index in [0.29, 0.717) is 5.76 Å². The van der Waals surface area contributed by atoms with Crippen LogP contribution in [0.1, 0.15) is 54.0 Å². The maximum absolute atomic E-state index is 10.9. The third-order valence-corrected chi connectivity index (χ3v) is 3.97. The van der Waals surface area contributed by atoms with Crippen LogP contribution in [-0.4, -0.2) is 29.6 Å². The van der Waals surface area contributed by atoms with Crippen molar-refractivity contribution >= 4 is 5.97 Å². The van der Waals surface area contributed by atoms with Crippen LogP contribution < -0.4 is 0 Å². The summed E-state index contributed by atoms with van der Waals surface area (Å²) in [5.41, 5.74) is 0.982. The third-order valence-electron chi connectivity index (χ3n) is 3.97. The molecule has 0 aromatic carbocycles. The van der Waals surface area contributed by atoms with Crippen LogP contribution in [0.15, 0.2) is 10.5 Å². The Morgan fingerprint density at radius 2 is 2.11 bits per heavy atom. The van der Waals surface area contributed by atoms with Crippen molar-refractivity contribution in [3.63, 3.8) is 0 Å². The maximum atomic E-state index is 10.9. The van der Waals surface area contributed by atoms with Gasteiger partial charge >= 0.3 is 5.97 Å². The van der Waals surface area contributed by atoms with Gasteiger partial charge in [-0.05, 0) is 38.8 Å². The van der Waals surface area contributed by atoms with E-state index in [1.54, 1.807) is 6.07 Å². The van der Waals surface area contributed by atoms with Crippen molar-refractivity contribution in [1.82, 2.24) is 4.90 Å². The van der Waals surface area contributed by atoms with Crippen molar-refractivity contribution in [2.24, 2.45) is 5.92 Å². The minimum Gasteiger partial charge on any atom is -0.475 e. The van der Waals surface area contributed by atoms with Gasteiger partial charge in [0, 0.05) is 18.7 Å². The fourth-order valence-corrected chi connectivity index (χ4v) is 2.95. The largest absolute Gasteiger partial charge is 0.475 e. The molecule has 0 unspecified atom stereocenters. The van der Waals surface area contributed by atoms with Crippen LogP contribution >= 0.6 is 0 Å². The van der Waals surface area contributed by atoms with Crippen LogP contribution in [0, 0.1) is 12.8 Å². The maximum Gasteiger partial charge on any atom is 0.371 e. The molecule has 0 radical (unpaired) electrons. The van der Waals surface area contributed by atoms with Crippen LogP contribution in [0.25, 0.3) is 0 Å². The minimum atomic E-state index is -0.996. The van der Waals surface area contributed by atoms with Gasteiger partial charge in [-0.1, -0.05) is 19.3 Å². The second-order valence-corrected chi connectivity index (χ2v) is 5.70. The predicted molar refractivity (Wildman–Crippen MR) is 73.3 cm³/mol. The number of carboxylic acids is 1. The first kappa shape index (κ1) is 14.1. The zero-order valence-electron chi connectivity index (χ0n) is 11.8. The summed E-state index contributed by atoms with van der Waals surface area (Å²) < 4.78 is 5.24. The molecule has 0 amide bonds. The Morgan fingerprint density at radius 1 is 1.42 bits per heavy atom. The van der Waals surface area contributed by atoms with Crippen molar-refractivity contribution in [3.05, 3.63) is 23.2 Å². The van der Waals surface area contributed by atoms with Gasteiger partial charge in [-0.2, -0.15) is 0 Å². The lowest BCUT2D eigenvalue weighted by atomic mass is 9.89. The lowest BCUT2D eigenvalue weighted by Gasteiger charge is -2.26. The molecular formula is C15H23NO3. The molecule has 0 bridgehead atoms. The van der Waals surface area contributed by atoms with E-state index in [-0.39, 0.29) is 5.76 Å². The Hall–Kier alpha value is -1.29. The highest BCUT2D eigenvalue weighted by Crippen LogP contribution is 2.25. The minimum absolute atomic E-state index is 0.0403. The second kappa shape index (κ2) is 6.24. The number of hydrogen-bond donors (Lipinski definition) is 1. The topological polar surface area (TPSA) is 53.7 Å². The monoisotopic (exact) mass is 265 g/mol. The molecule has 19 heavy (non-hydrogen) atoms. The first-order chi connectivity index (χ1) is 9.06. The van der Waals surface area contributed by atoms with Crippen molar-refractivity contribution < 1.29 is 14.3 Å². The summed E-state index contributed by atoms with van der Waals surface area (Å²) >= 11 is 0. The van der Waals surface area contributed by atoms with Gasteiger partial charge in [0.05, 0.1) is 0 Å². The molecule has 0 spiro atoms. The molecule has 4 heteroatoms. The molecule has 1 aromatic rings. The van der Waals surface area contributed by atoms with E-state index in [0.717, 1.165) is 24.6 Å². The Kier molecular flexibility index (Phi) is 4.64. The summed E-state index contributed by atoms with van der Waals surface area (Å²) in [6, 6.07) is 1.65. The number of aryl methyl sites for hydroxylation is 1. The Morgan fingerprint density at radius 3 is 2.68 bits per heavy atom. The van der Waals surface area contributed by atoms with E-state index in [4.69, 9.17) is 9.52 Å². The van der Waals surface area contributed by atoms with Gasteiger partial charge in [0.2, 0.25) is 5.76 Å². The molecule has 1 fully saturated rings. The lowest BCUT2D eigenvalue weighted by Crippen LogP contribution is -2.26. The van der Waals surface area contributed by atoms with Gasteiger partial charge < -0.3 is 14.4 Å². The SMILES string of the molecule is Cc1oc(C(=O)O)cc1CN(C)CC1CCCCC1. The van der Waals surface area contributed by atoms with Gasteiger partial charge in [-0.25, -0.2) is 4.79 Å². The van der Waals surface area contributed by atoms with Gasteiger partial charge in [0.25, 0.3) is 0 Å². The fourth-order valence-electron chi connectivity index (χ4n) is 2.95. The van der Waals surface area contributed by atoms with Crippen LogP contribution in [-0.2, 0) is 6.54 Å². The van der Waals surface area contributed by atoms with Crippen LogP contribution in [0.3, 0.4) is 0 Å². The molecule has 1 saturated carbocycles. The Bertz CT molecular complexity index is 433. The van der Waals surface area contributed by atoms with Crippen molar-refractivity contribution in [2.75, 3.05) is 13.6 Å². The standard InChI is InChI=1S/C15H23NO3/c1-11-13(8-14(19-11)15(17)18)10-16(2)9-12-6-4-3-5-7-12/h8,12H,3-7,9-10H2,1-2H3,(H,17,18). The highest BCUT2D eigenvalue weighted by atomic mass is 16.4. The quantitative estimate of drug-likeness (QED) is 0.887. The van der Waals surface area contributed by atoms with Crippen LogP contribution in [0.2, 0.25) is 0 Å². The van der Waals surface area contributed by atoms with Crippen LogP contribution in [0.4, 0.5) is 0 Å². The van der Waals surface area contributed by atoms with Gasteiger partial charge in [0.1, 0.15) is 5.76 Å². The second-order valence-electron chi connectivity index (χ2n) is 5.70. The molecule has 4 nitrogen and oxygen atoms in total. The number of furan rings is 1. The molecule has 1 heterocycles. The fraction of sp³-hybridized carbons (Fsp3) is 0.667. The number of hydrogen-bond acceptors (Lipinski definition) is 3. The number of aromatic carboxylic acids is 1. The molecule has 1 N–H and O–H groups in total. The van der Waals surface area contributed by atoms with Gasteiger partial charge in [0.15, 0.2) is 0 Å². The first-order valence-corrected chi connectivity index (χ1v) is 7.07. The number of nitrogens with zero attached hydrogens (tertiary/aromatic N) is 1. The molecule has 0 aliphatic heterocycles. The number of carbonyl (C=O) groups is 1. The smallest absolute Gasteiger partial charge is 0.371 e. The summed E-state index contributed by atoms with van der Waals surface area (Å²) in [5, 5.41) is 8.91. The van der Waals surface area contributed by atoms with Crippen LogP contribution in [0.5, 0.6) is 0 Å². The molecular weight excluding hydrogens is 242 g/mol.